The summed E-state index contributed by atoms with van der Waals surface area (Å²) in [5.41, 5.74) is 1.07. The lowest BCUT2D eigenvalue weighted by molar-refractivity contribution is -0.307. The van der Waals surface area contributed by atoms with Crippen LogP contribution in [0.2, 0.25) is 0 Å². The maximum Gasteiger partial charge on any atom is 0.276 e. The lowest BCUT2D eigenvalue weighted by Crippen LogP contribution is -2.28. The number of hydrazone groups is 1. The monoisotopic (exact) mass is 391 g/mol. The first-order valence-electron chi connectivity index (χ1n) is 8.04. The molecule has 0 aliphatic heterocycles. The van der Waals surface area contributed by atoms with E-state index in [1.165, 1.54) is 12.1 Å². The third-order valence-electron chi connectivity index (χ3n) is 3.41. The molecule has 0 heterocycles. The second-order valence-corrected chi connectivity index (χ2v) is 7.04. The third-order valence-corrected chi connectivity index (χ3v) is 4.63. The van der Waals surface area contributed by atoms with Gasteiger partial charge in [-0.15, -0.1) is 0 Å². The summed E-state index contributed by atoms with van der Waals surface area (Å²) in [5.74, 6) is -0.386. The van der Waals surface area contributed by atoms with Crippen molar-refractivity contribution in [3.05, 3.63) is 54.1 Å². The fraction of sp³-hybridized carbons (Fsp3) is 0.222. The summed E-state index contributed by atoms with van der Waals surface area (Å²) in [6, 6.07) is 12.4. The largest absolute Gasteiger partial charge is 0.546 e. The van der Waals surface area contributed by atoms with E-state index < -0.39 is 22.6 Å². The number of carboxylic acid groups (broad SMARTS) is 1. The number of carbonyl (C=O) groups is 1. The van der Waals surface area contributed by atoms with Crippen molar-refractivity contribution in [2.45, 2.75) is 18.7 Å². The topological polar surface area (TPSA) is 117 Å². The number of sulfonamides is 1. The quantitative estimate of drug-likeness (QED) is 0.502. The molecule has 9 heteroatoms. The van der Waals surface area contributed by atoms with Crippen molar-refractivity contribution in [1.82, 2.24) is 4.83 Å². The van der Waals surface area contributed by atoms with Crippen LogP contribution in [-0.2, 0) is 14.8 Å². The van der Waals surface area contributed by atoms with Crippen LogP contribution in [-0.4, -0.2) is 33.3 Å². The van der Waals surface area contributed by atoms with Gasteiger partial charge in [0.05, 0.1) is 23.2 Å². The van der Waals surface area contributed by atoms with E-state index in [-0.39, 0.29) is 4.90 Å². The molecule has 0 unspecified atom stereocenters. The van der Waals surface area contributed by atoms with E-state index in [1.54, 1.807) is 43.3 Å². The Labute approximate surface area is 157 Å². The molecule has 0 atom stereocenters. The number of hydrogen-bond donors (Lipinski definition) is 1. The molecule has 0 saturated heterocycles. The fourth-order valence-corrected chi connectivity index (χ4v) is 2.92. The highest BCUT2D eigenvalue weighted by Crippen LogP contribution is 2.16. The molecular weight excluding hydrogens is 372 g/mol. The Morgan fingerprint density at radius 1 is 1.04 bits per heavy atom. The van der Waals surface area contributed by atoms with Crippen molar-refractivity contribution < 1.29 is 27.8 Å². The highest BCUT2D eigenvalue weighted by atomic mass is 32.2. The van der Waals surface area contributed by atoms with Gasteiger partial charge in [0.1, 0.15) is 18.1 Å². The summed E-state index contributed by atoms with van der Waals surface area (Å²) in [6.45, 7) is 3.42. The van der Waals surface area contributed by atoms with Gasteiger partial charge in [0, 0.05) is 0 Å². The maximum absolute atomic E-state index is 12.3. The number of carboxylic acids is 1. The third kappa shape index (κ3) is 6.00. The number of benzene rings is 2. The second kappa shape index (κ2) is 9.04. The minimum absolute atomic E-state index is 0.0635. The van der Waals surface area contributed by atoms with Crippen molar-refractivity contribution in [1.29, 1.82) is 0 Å². The van der Waals surface area contributed by atoms with E-state index in [2.05, 4.69) is 9.93 Å². The van der Waals surface area contributed by atoms with Gasteiger partial charge in [-0.25, -0.2) is 0 Å². The van der Waals surface area contributed by atoms with Gasteiger partial charge in [0.15, 0.2) is 0 Å². The van der Waals surface area contributed by atoms with Crippen LogP contribution in [0.3, 0.4) is 0 Å². The number of nitrogens with zero attached hydrogens (tertiary/aromatic N) is 1. The highest BCUT2D eigenvalue weighted by molar-refractivity contribution is 7.89. The van der Waals surface area contributed by atoms with Crippen LogP contribution in [0.4, 0.5) is 0 Å². The van der Waals surface area contributed by atoms with Gasteiger partial charge in [0.25, 0.3) is 10.0 Å². The van der Waals surface area contributed by atoms with Gasteiger partial charge < -0.3 is 19.4 Å². The molecule has 144 valence electrons. The molecule has 27 heavy (non-hydrogen) atoms. The molecule has 0 radical (unpaired) electrons. The Bertz CT molecular complexity index is 906. The molecule has 0 aliphatic carbocycles. The molecule has 2 rings (SSSR count). The molecule has 0 aromatic heterocycles. The summed E-state index contributed by atoms with van der Waals surface area (Å²) in [4.78, 5) is 12.6. The van der Waals surface area contributed by atoms with E-state index in [4.69, 9.17) is 9.47 Å². The Morgan fingerprint density at radius 3 is 2.15 bits per heavy atom. The van der Waals surface area contributed by atoms with E-state index in [0.29, 0.717) is 29.4 Å². The first-order valence-corrected chi connectivity index (χ1v) is 9.52. The summed E-state index contributed by atoms with van der Waals surface area (Å²) >= 11 is 0. The molecule has 2 aromatic carbocycles. The van der Waals surface area contributed by atoms with Crippen molar-refractivity contribution >= 4 is 21.7 Å². The number of nitrogens with one attached hydrogen (secondary N) is 1. The van der Waals surface area contributed by atoms with E-state index in [9.17, 15) is 18.3 Å². The number of rotatable bonds is 9. The zero-order valence-electron chi connectivity index (χ0n) is 14.8. The van der Waals surface area contributed by atoms with Gasteiger partial charge in [-0.2, -0.15) is 18.4 Å². The number of ether oxygens (including phenoxy) is 2. The minimum Gasteiger partial charge on any atom is -0.546 e. The molecule has 0 amide bonds. The van der Waals surface area contributed by atoms with E-state index >= 15 is 0 Å². The molecule has 0 fully saturated rings. The van der Waals surface area contributed by atoms with Crippen molar-refractivity contribution in [2.24, 2.45) is 5.10 Å². The Hall–Kier alpha value is -3.07. The fourth-order valence-electron chi connectivity index (χ4n) is 2.06. The smallest absolute Gasteiger partial charge is 0.276 e. The van der Waals surface area contributed by atoms with Gasteiger partial charge in [0.2, 0.25) is 0 Å². The van der Waals surface area contributed by atoms with Gasteiger partial charge >= 0.3 is 0 Å². The zero-order chi connectivity index (χ0) is 19.9. The van der Waals surface area contributed by atoms with Crippen LogP contribution in [0.25, 0.3) is 0 Å². The molecule has 8 nitrogen and oxygen atoms in total. The van der Waals surface area contributed by atoms with Crippen LogP contribution in [0.15, 0.2) is 58.5 Å². The first-order chi connectivity index (χ1) is 12.8. The molecule has 0 spiro atoms. The number of aliphatic carboxylic acids is 1. The minimum atomic E-state index is -3.81. The molecule has 1 N–H and O–H groups in total. The average Bonchev–Trinajstić information content (AvgIpc) is 2.65. The number of carbonyl (C=O) groups excluding carboxylic acids is 1. The lowest BCUT2D eigenvalue weighted by atomic mass is 10.1. The Morgan fingerprint density at radius 2 is 1.59 bits per heavy atom. The average molecular weight is 391 g/mol. The molecule has 0 aliphatic rings. The summed E-state index contributed by atoms with van der Waals surface area (Å²) in [5, 5.41) is 14.3. The predicted molar refractivity (Wildman–Crippen MR) is 97.1 cm³/mol. The summed E-state index contributed by atoms with van der Waals surface area (Å²) < 4.78 is 34.9. The molecule has 0 saturated carbocycles. The van der Waals surface area contributed by atoms with Crippen LogP contribution in [0.1, 0.15) is 19.4 Å². The standard InChI is InChI=1S/C18H20N2O6S/c1-3-25-15-8-10-17(11-9-15)27(23,24)20-19-13(2)14-4-6-16(7-5-14)26-12-18(21)22/h4-11,20H,3,12H2,1-2H3,(H,21,22)/p-1/b19-13-. The number of hydrogen-bond acceptors (Lipinski definition) is 7. The van der Waals surface area contributed by atoms with Crippen LogP contribution in [0.5, 0.6) is 11.5 Å². The molecule has 2 aromatic rings. The highest BCUT2D eigenvalue weighted by Gasteiger charge is 2.13. The van der Waals surface area contributed by atoms with E-state index in [0.717, 1.165) is 0 Å². The molecule has 0 bridgehead atoms. The normalized spacial score (nSPS) is 11.7. The van der Waals surface area contributed by atoms with Gasteiger partial charge in [-0.05, 0) is 67.9 Å². The predicted octanol–water partition coefficient (Wildman–Crippen LogP) is 0.916. The van der Waals surface area contributed by atoms with Crippen LogP contribution >= 0.6 is 0 Å². The van der Waals surface area contributed by atoms with E-state index in [1.807, 2.05) is 6.92 Å². The molecular formula is C18H19N2O6S-. The Kier molecular flexibility index (Phi) is 6.78. The lowest BCUT2D eigenvalue weighted by Gasteiger charge is -2.08. The van der Waals surface area contributed by atoms with Crippen molar-refractivity contribution in [3.8, 4) is 11.5 Å². The van der Waals surface area contributed by atoms with Crippen LogP contribution < -0.4 is 19.4 Å². The maximum atomic E-state index is 12.3. The summed E-state index contributed by atoms with van der Waals surface area (Å²) in [6.07, 6.45) is 0. The van der Waals surface area contributed by atoms with Gasteiger partial charge in [-0.1, -0.05) is 0 Å². The van der Waals surface area contributed by atoms with Crippen LogP contribution in [0, 0.1) is 0 Å². The second-order valence-electron chi connectivity index (χ2n) is 5.38. The van der Waals surface area contributed by atoms with Gasteiger partial charge in [-0.3, -0.25) is 0 Å². The van der Waals surface area contributed by atoms with Crippen molar-refractivity contribution in [3.63, 3.8) is 0 Å². The Balaban J connectivity index is 2.05. The van der Waals surface area contributed by atoms with Crippen molar-refractivity contribution in [2.75, 3.05) is 13.2 Å². The SMILES string of the molecule is CCOc1ccc(S(=O)(=O)N/N=C(/C)c2ccc(OCC(=O)[O-])cc2)cc1. The summed E-state index contributed by atoms with van der Waals surface area (Å²) in [7, 11) is -3.81. The zero-order valence-corrected chi connectivity index (χ0v) is 15.7. The first kappa shape index (κ1) is 20.2.